The number of benzene rings is 1. The normalized spacial score (nSPS) is 10.2. The highest BCUT2D eigenvalue weighted by molar-refractivity contribution is 5.97. The molecule has 0 atom stereocenters. The van der Waals surface area contributed by atoms with E-state index < -0.39 is 0 Å². The number of carbonyl (C=O) groups excluding carboxylic acids is 1. The smallest absolute Gasteiger partial charge is 0.163 e. The third-order valence-electron chi connectivity index (χ3n) is 2.66. The van der Waals surface area contributed by atoms with Crippen LogP contribution in [0.5, 0.6) is 5.75 Å². The quantitative estimate of drug-likeness (QED) is 0.388. The van der Waals surface area contributed by atoms with Crippen LogP contribution < -0.4 is 4.74 Å². The van der Waals surface area contributed by atoms with Crippen molar-refractivity contribution >= 4 is 5.78 Å². The Morgan fingerprint density at radius 2 is 2.11 bits per heavy atom. The van der Waals surface area contributed by atoms with Crippen molar-refractivity contribution in [2.24, 2.45) is 0 Å². The molecule has 19 heavy (non-hydrogen) atoms. The van der Waals surface area contributed by atoms with Gasteiger partial charge in [0.2, 0.25) is 0 Å². The van der Waals surface area contributed by atoms with Gasteiger partial charge in [0.05, 0.1) is 12.2 Å². The summed E-state index contributed by atoms with van der Waals surface area (Å²) in [4.78, 5) is 11.6. The first-order valence-electron chi connectivity index (χ1n) is 6.65. The molecule has 3 heteroatoms. The lowest BCUT2D eigenvalue weighted by molar-refractivity contribution is 0.0960. The molecule has 0 bridgehead atoms. The van der Waals surface area contributed by atoms with E-state index in [1.807, 2.05) is 12.1 Å². The first kappa shape index (κ1) is 15.4. The lowest BCUT2D eigenvalue weighted by Gasteiger charge is -2.14. The van der Waals surface area contributed by atoms with Gasteiger partial charge in [-0.1, -0.05) is 25.1 Å². The predicted molar refractivity (Wildman–Crippen MR) is 77.0 cm³/mol. The van der Waals surface area contributed by atoms with E-state index in [9.17, 15) is 4.79 Å². The first-order chi connectivity index (χ1) is 9.20. The van der Waals surface area contributed by atoms with E-state index in [0.29, 0.717) is 30.9 Å². The van der Waals surface area contributed by atoms with Crippen LogP contribution >= 0.6 is 0 Å². The molecule has 1 aromatic rings. The largest absolute Gasteiger partial charge is 0.490 e. The molecule has 0 saturated carbocycles. The lowest BCUT2D eigenvalue weighted by Crippen LogP contribution is -2.11. The van der Waals surface area contributed by atoms with Gasteiger partial charge in [-0.05, 0) is 31.4 Å². The van der Waals surface area contributed by atoms with Crippen LogP contribution in [-0.4, -0.2) is 25.6 Å². The monoisotopic (exact) mass is 262 g/mol. The Kier molecular flexibility index (Phi) is 6.90. The van der Waals surface area contributed by atoms with E-state index in [0.717, 1.165) is 18.6 Å². The number of Topliss-reactive ketones (excluding diaryl/α,β-unsaturated/α-hetero) is 1. The van der Waals surface area contributed by atoms with Crippen LogP contribution in [0.25, 0.3) is 0 Å². The Labute approximate surface area is 115 Å². The third-order valence-corrected chi connectivity index (χ3v) is 2.66. The summed E-state index contributed by atoms with van der Waals surface area (Å²) in [6.07, 6.45) is 3.48. The number of para-hydroxylation sites is 1. The predicted octanol–water partition coefficient (Wildman–Crippen LogP) is 3.42. The second kappa shape index (κ2) is 8.48. The summed E-state index contributed by atoms with van der Waals surface area (Å²) in [6.45, 7) is 9.06. The Morgan fingerprint density at radius 1 is 1.32 bits per heavy atom. The average molecular weight is 262 g/mol. The van der Waals surface area contributed by atoms with Crippen LogP contribution in [0.3, 0.4) is 0 Å². The minimum absolute atomic E-state index is 0.00962. The molecular formula is C16H22O3. The van der Waals surface area contributed by atoms with E-state index in [1.54, 1.807) is 19.1 Å². The zero-order valence-corrected chi connectivity index (χ0v) is 11.8. The summed E-state index contributed by atoms with van der Waals surface area (Å²) in [5.74, 6) is 0.672. The van der Waals surface area contributed by atoms with Gasteiger partial charge in [-0.15, -0.1) is 6.58 Å². The second-order valence-electron chi connectivity index (χ2n) is 4.30. The number of carbonyl (C=O) groups is 1. The van der Waals surface area contributed by atoms with Gasteiger partial charge in [0, 0.05) is 6.61 Å². The van der Waals surface area contributed by atoms with Gasteiger partial charge in [0.1, 0.15) is 12.4 Å². The number of allylic oxidation sites excluding steroid dienone is 1. The molecule has 0 aliphatic carbocycles. The fourth-order valence-electron chi connectivity index (χ4n) is 1.80. The van der Waals surface area contributed by atoms with Crippen LogP contribution in [0.1, 0.15) is 36.2 Å². The van der Waals surface area contributed by atoms with Gasteiger partial charge < -0.3 is 9.47 Å². The summed E-state index contributed by atoms with van der Waals surface area (Å²) >= 11 is 0. The van der Waals surface area contributed by atoms with Crippen molar-refractivity contribution in [2.45, 2.75) is 26.7 Å². The van der Waals surface area contributed by atoms with Crippen LogP contribution in [0.4, 0.5) is 0 Å². The van der Waals surface area contributed by atoms with Crippen molar-refractivity contribution in [2.75, 3.05) is 19.8 Å². The Bertz CT molecular complexity index is 424. The molecule has 0 radical (unpaired) electrons. The Hall–Kier alpha value is -1.61. The SMILES string of the molecule is C=CCc1cccc(C(C)=O)c1OCCOCCC. The summed E-state index contributed by atoms with van der Waals surface area (Å²) in [7, 11) is 0. The molecule has 0 aromatic heterocycles. The van der Waals surface area contributed by atoms with Crippen LogP contribution in [0, 0.1) is 0 Å². The fourth-order valence-corrected chi connectivity index (χ4v) is 1.80. The zero-order chi connectivity index (χ0) is 14.1. The van der Waals surface area contributed by atoms with E-state index in [4.69, 9.17) is 9.47 Å². The van der Waals surface area contributed by atoms with Crippen molar-refractivity contribution < 1.29 is 14.3 Å². The molecule has 0 saturated heterocycles. The number of ketones is 1. The van der Waals surface area contributed by atoms with Crippen LogP contribution in [0.15, 0.2) is 30.9 Å². The van der Waals surface area contributed by atoms with E-state index in [2.05, 4.69) is 13.5 Å². The highest BCUT2D eigenvalue weighted by Gasteiger charge is 2.12. The summed E-state index contributed by atoms with van der Waals surface area (Å²) in [5, 5.41) is 0. The average Bonchev–Trinajstić information content (AvgIpc) is 2.40. The molecule has 0 amide bonds. The first-order valence-corrected chi connectivity index (χ1v) is 6.65. The molecule has 0 spiro atoms. The fraction of sp³-hybridized carbons (Fsp3) is 0.438. The maximum Gasteiger partial charge on any atom is 0.163 e. The highest BCUT2D eigenvalue weighted by Crippen LogP contribution is 2.25. The van der Waals surface area contributed by atoms with Crippen LogP contribution in [-0.2, 0) is 11.2 Å². The molecule has 0 N–H and O–H groups in total. The standard InChI is InChI=1S/C16H22O3/c1-4-7-14-8-6-9-15(13(3)17)16(14)19-12-11-18-10-5-2/h4,6,8-9H,1,5,7,10-12H2,2-3H3. The summed E-state index contributed by atoms with van der Waals surface area (Å²) < 4.78 is 11.1. The Balaban J connectivity index is 2.76. The zero-order valence-electron chi connectivity index (χ0n) is 11.8. The van der Waals surface area contributed by atoms with Crippen molar-refractivity contribution in [1.82, 2.24) is 0 Å². The highest BCUT2D eigenvalue weighted by atomic mass is 16.5. The van der Waals surface area contributed by atoms with Gasteiger partial charge in [-0.2, -0.15) is 0 Å². The van der Waals surface area contributed by atoms with Crippen molar-refractivity contribution in [3.05, 3.63) is 42.0 Å². The molecule has 0 aliphatic rings. The van der Waals surface area contributed by atoms with E-state index >= 15 is 0 Å². The van der Waals surface area contributed by atoms with Crippen molar-refractivity contribution in [3.63, 3.8) is 0 Å². The molecule has 1 aromatic carbocycles. The molecular weight excluding hydrogens is 240 g/mol. The topological polar surface area (TPSA) is 35.5 Å². The van der Waals surface area contributed by atoms with E-state index in [-0.39, 0.29) is 5.78 Å². The molecule has 3 nitrogen and oxygen atoms in total. The molecule has 0 heterocycles. The van der Waals surface area contributed by atoms with Crippen molar-refractivity contribution in [3.8, 4) is 5.75 Å². The third kappa shape index (κ3) is 4.87. The minimum atomic E-state index is 0.00962. The van der Waals surface area contributed by atoms with Gasteiger partial charge in [-0.3, -0.25) is 4.79 Å². The minimum Gasteiger partial charge on any atom is -0.490 e. The van der Waals surface area contributed by atoms with Gasteiger partial charge in [-0.25, -0.2) is 0 Å². The molecule has 0 unspecified atom stereocenters. The number of hydrogen-bond donors (Lipinski definition) is 0. The Morgan fingerprint density at radius 3 is 2.74 bits per heavy atom. The number of ether oxygens (including phenoxy) is 2. The molecule has 0 fully saturated rings. The summed E-state index contributed by atoms with van der Waals surface area (Å²) in [5.41, 5.74) is 1.60. The second-order valence-corrected chi connectivity index (χ2v) is 4.30. The molecule has 0 aliphatic heterocycles. The van der Waals surface area contributed by atoms with Crippen LogP contribution in [0.2, 0.25) is 0 Å². The number of hydrogen-bond acceptors (Lipinski definition) is 3. The molecule has 1 rings (SSSR count). The van der Waals surface area contributed by atoms with E-state index in [1.165, 1.54) is 0 Å². The molecule has 104 valence electrons. The maximum absolute atomic E-state index is 11.6. The van der Waals surface area contributed by atoms with Crippen molar-refractivity contribution in [1.29, 1.82) is 0 Å². The number of rotatable bonds is 9. The van der Waals surface area contributed by atoms with Gasteiger partial charge in [0.15, 0.2) is 5.78 Å². The van der Waals surface area contributed by atoms with Gasteiger partial charge >= 0.3 is 0 Å². The maximum atomic E-state index is 11.6. The lowest BCUT2D eigenvalue weighted by atomic mass is 10.0. The summed E-state index contributed by atoms with van der Waals surface area (Å²) in [6, 6.07) is 5.61. The van der Waals surface area contributed by atoms with Gasteiger partial charge in [0.25, 0.3) is 0 Å².